The molecular weight excluding hydrogens is 282 g/mol. The summed E-state index contributed by atoms with van der Waals surface area (Å²) < 4.78 is 11.0. The lowest BCUT2D eigenvalue weighted by Crippen LogP contribution is -2.29. The van der Waals surface area contributed by atoms with Gasteiger partial charge in [-0.05, 0) is 26.3 Å². The Labute approximate surface area is 131 Å². The molecule has 22 heavy (non-hydrogen) atoms. The van der Waals surface area contributed by atoms with Crippen LogP contribution in [-0.4, -0.2) is 53.4 Å². The number of hydrogen-bond donors (Lipinski definition) is 1. The van der Waals surface area contributed by atoms with Gasteiger partial charge in [0, 0.05) is 0 Å². The van der Waals surface area contributed by atoms with Crippen LogP contribution in [0, 0.1) is 0 Å². The van der Waals surface area contributed by atoms with Gasteiger partial charge in [-0.15, -0.1) is 0 Å². The summed E-state index contributed by atoms with van der Waals surface area (Å²) >= 11 is 0. The maximum atomic E-state index is 11.8. The summed E-state index contributed by atoms with van der Waals surface area (Å²) in [5.41, 5.74) is 0.628. The van der Waals surface area contributed by atoms with Gasteiger partial charge < -0.3 is 14.6 Å². The minimum absolute atomic E-state index is 0.0108. The third kappa shape index (κ3) is 5.09. The number of esters is 1. The van der Waals surface area contributed by atoms with Crippen molar-refractivity contribution < 1.29 is 19.4 Å². The number of aliphatic hydroxyl groups is 1. The van der Waals surface area contributed by atoms with Crippen molar-refractivity contribution in [3.8, 4) is 0 Å². The van der Waals surface area contributed by atoms with E-state index in [2.05, 4.69) is 0 Å². The predicted octanol–water partition coefficient (Wildman–Crippen LogP) is 1.59. The standard InChI is InChI=1S/C17H25NO4/c1-17(2,3)22-16(20)9-18-14(10-19)15(18)12-21-11-13-7-5-4-6-8-13/h4-8,14-15,19H,9-12H2,1-3H3/t14-,15+,18?/m0/s1. The Morgan fingerprint density at radius 1 is 1.23 bits per heavy atom. The van der Waals surface area contributed by atoms with Gasteiger partial charge in [-0.25, -0.2) is 0 Å². The van der Waals surface area contributed by atoms with Crippen molar-refractivity contribution in [2.75, 3.05) is 19.8 Å². The monoisotopic (exact) mass is 307 g/mol. The van der Waals surface area contributed by atoms with Crippen molar-refractivity contribution in [2.45, 2.75) is 45.1 Å². The van der Waals surface area contributed by atoms with E-state index in [1.165, 1.54) is 0 Å². The molecule has 1 aromatic carbocycles. The molecule has 0 bridgehead atoms. The summed E-state index contributed by atoms with van der Waals surface area (Å²) in [4.78, 5) is 13.7. The van der Waals surface area contributed by atoms with Gasteiger partial charge in [0.15, 0.2) is 0 Å². The van der Waals surface area contributed by atoms with Crippen molar-refractivity contribution in [2.24, 2.45) is 0 Å². The van der Waals surface area contributed by atoms with E-state index in [-0.39, 0.29) is 31.2 Å². The first-order valence-corrected chi connectivity index (χ1v) is 7.61. The average Bonchev–Trinajstić information content (AvgIpc) is 3.09. The number of benzene rings is 1. The van der Waals surface area contributed by atoms with E-state index in [1.54, 1.807) is 0 Å². The van der Waals surface area contributed by atoms with Crippen LogP contribution in [0.15, 0.2) is 30.3 Å². The number of ether oxygens (including phenoxy) is 2. The first-order valence-electron chi connectivity index (χ1n) is 7.61. The molecule has 0 amide bonds. The first kappa shape index (κ1) is 16.9. The summed E-state index contributed by atoms with van der Waals surface area (Å²) in [6.07, 6.45) is 0. The fourth-order valence-corrected chi connectivity index (χ4v) is 2.45. The van der Waals surface area contributed by atoms with Crippen molar-refractivity contribution in [3.05, 3.63) is 35.9 Å². The van der Waals surface area contributed by atoms with E-state index >= 15 is 0 Å². The van der Waals surface area contributed by atoms with E-state index in [1.807, 2.05) is 56.0 Å². The molecule has 0 saturated carbocycles. The number of rotatable bonds is 7. The van der Waals surface area contributed by atoms with Gasteiger partial charge in [-0.2, -0.15) is 0 Å². The van der Waals surface area contributed by atoms with Crippen LogP contribution >= 0.6 is 0 Å². The topological polar surface area (TPSA) is 58.8 Å². The fourth-order valence-electron chi connectivity index (χ4n) is 2.45. The van der Waals surface area contributed by atoms with Crippen molar-refractivity contribution in [1.82, 2.24) is 4.90 Å². The van der Waals surface area contributed by atoms with Gasteiger partial charge in [0.05, 0.1) is 38.4 Å². The zero-order chi connectivity index (χ0) is 16.2. The third-order valence-corrected chi connectivity index (χ3v) is 3.53. The molecule has 2 rings (SSSR count). The second-order valence-corrected chi connectivity index (χ2v) is 6.58. The van der Waals surface area contributed by atoms with Gasteiger partial charge in [0.2, 0.25) is 0 Å². The molecule has 1 fully saturated rings. The minimum atomic E-state index is -0.485. The molecule has 1 unspecified atom stereocenters. The van der Waals surface area contributed by atoms with E-state index in [9.17, 15) is 9.90 Å². The molecule has 122 valence electrons. The first-order chi connectivity index (χ1) is 10.4. The molecule has 5 nitrogen and oxygen atoms in total. The normalized spacial score (nSPS) is 24.1. The second kappa shape index (κ2) is 7.22. The Kier molecular flexibility index (Phi) is 5.56. The summed E-state index contributed by atoms with van der Waals surface area (Å²) in [6.45, 7) is 6.80. The molecule has 1 N–H and O–H groups in total. The highest BCUT2D eigenvalue weighted by Crippen LogP contribution is 2.28. The lowest BCUT2D eigenvalue weighted by molar-refractivity contribution is -0.155. The third-order valence-electron chi connectivity index (χ3n) is 3.53. The molecule has 1 saturated heterocycles. The van der Waals surface area contributed by atoms with Crippen LogP contribution in [0.5, 0.6) is 0 Å². The molecule has 1 aromatic rings. The summed E-state index contributed by atoms with van der Waals surface area (Å²) in [5, 5.41) is 9.36. The minimum Gasteiger partial charge on any atom is -0.459 e. The average molecular weight is 307 g/mol. The SMILES string of the molecule is CC(C)(C)OC(=O)CN1[C@H](COCc2ccccc2)[C@@H]1CO. The van der Waals surface area contributed by atoms with Gasteiger partial charge in [0.1, 0.15) is 5.60 Å². The summed E-state index contributed by atoms with van der Waals surface area (Å²) in [7, 11) is 0. The van der Waals surface area contributed by atoms with Crippen molar-refractivity contribution in [3.63, 3.8) is 0 Å². The summed E-state index contributed by atoms with van der Waals surface area (Å²) in [6, 6.07) is 10.0. The number of carbonyl (C=O) groups excluding carboxylic acids is 1. The highest BCUT2D eigenvalue weighted by Gasteiger charge is 2.48. The Hall–Kier alpha value is -1.43. The smallest absolute Gasteiger partial charge is 0.320 e. The van der Waals surface area contributed by atoms with Gasteiger partial charge >= 0.3 is 5.97 Å². The molecule has 0 spiro atoms. The summed E-state index contributed by atoms with van der Waals surface area (Å²) in [5.74, 6) is -0.267. The van der Waals surface area contributed by atoms with Crippen LogP contribution in [0.4, 0.5) is 0 Å². The molecular formula is C17H25NO4. The maximum Gasteiger partial charge on any atom is 0.320 e. The van der Waals surface area contributed by atoms with Crippen LogP contribution < -0.4 is 0 Å². The molecule has 3 atom stereocenters. The molecule has 1 heterocycles. The van der Waals surface area contributed by atoms with Gasteiger partial charge in [-0.1, -0.05) is 30.3 Å². The number of hydrogen-bond acceptors (Lipinski definition) is 5. The van der Waals surface area contributed by atoms with Crippen molar-refractivity contribution >= 4 is 5.97 Å². The lowest BCUT2D eigenvalue weighted by atomic mass is 10.2. The van der Waals surface area contributed by atoms with Gasteiger partial charge in [0.25, 0.3) is 0 Å². The molecule has 1 aliphatic heterocycles. The zero-order valence-electron chi connectivity index (χ0n) is 13.5. The lowest BCUT2D eigenvalue weighted by Gasteiger charge is -2.19. The van der Waals surface area contributed by atoms with E-state index in [0.717, 1.165) is 5.56 Å². The zero-order valence-corrected chi connectivity index (χ0v) is 13.5. The molecule has 1 aliphatic rings. The quantitative estimate of drug-likeness (QED) is 0.612. The maximum absolute atomic E-state index is 11.8. The van der Waals surface area contributed by atoms with E-state index < -0.39 is 5.60 Å². The van der Waals surface area contributed by atoms with Crippen LogP contribution in [0.2, 0.25) is 0 Å². The van der Waals surface area contributed by atoms with E-state index in [4.69, 9.17) is 9.47 Å². The Morgan fingerprint density at radius 3 is 2.50 bits per heavy atom. The number of nitrogens with zero attached hydrogens (tertiary/aromatic N) is 1. The highest BCUT2D eigenvalue weighted by molar-refractivity contribution is 5.72. The fraction of sp³-hybridized carbons (Fsp3) is 0.588. The predicted molar refractivity (Wildman–Crippen MR) is 83.3 cm³/mol. The van der Waals surface area contributed by atoms with Crippen LogP contribution in [0.25, 0.3) is 0 Å². The number of aliphatic hydroxyl groups excluding tert-OH is 1. The van der Waals surface area contributed by atoms with E-state index in [0.29, 0.717) is 13.2 Å². The molecule has 0 radical (unpaired) electrons. The second-order valence-electron chi connectivity index (χ2n) is 6.58. The van der Waals surface area contributed by atoms with Crippen LogP contribution in [0.1, 0.15) is 26.3 Å². The van der Waals surface area contributed by atoms with Crippen LogP contribution in [-0.2, 0) is 20.9 Å². The highest BCUT2D eigenvalue weighted by atomic mass is 16.6. The largest absolute Gasteiger partial charge is 0.459 e. The Balaban J connectivity index is 1.73. The number of carbonyl (C=O) groups is 1. The molecule has 0 aliphatic carbocycles. The van der Waals surface area contributed by atoms with Crippen molar-refractivity contribution in [1.29, 1.82) is 0 Å². The Morgan fingerprint density at radius 2 is 1.91 bits per heavy atom. The van der Waals surface area contributed by atoms with Gasteiger partial charge in [-0.3, -0.25) is 9.69 Å². The molecule has 0 aromatic heterocycles. The Bertz CT molecular complexity index is 483. The van der Waals surface area contributed by atoms with Crippen LogP contribution in [0.3, 0.4) is 0 Å². The molecule has 5 heteroatoms.